The number of carbonyl (C=O) groups excluding carboxylic acids is 2. The van der Waals surface area contributed by atoms with Crippen LogP contribution in [0.4, 0.5) is 4.79 Å². The molecule has 0 aromatic rings. The summed E-state index contributed by atoms with van der Waals surface area (Å²) in [4.78, 5) is 24.5. The van der Waals surface area contributed by atoms with Gasteiger partial charge in [0.25, 0.3) is 0 Å². The summed E-state index contributed by atoms with van der Waals surface area (Å²) in [6.07, 6.45) is 0.970. The largest absolute Gasteiger partial charge is 0.464 e. The number of aliphatic hydroxyl groups excluding tert-OH is 1. The van der Waals surface area contributed by atoms with Crippen LogP contribution in [-0.4, -0.2) is 54.9 Å². The maximum absolute atomic E-state index is 11.9. The highest BCUT2D eigenvalue weighted by molar-refractivity contribution is 6.57. The first kappa shape index (κ1) is 15.0. The SMILES string of the molecule is C.[B]C(=O)N1C[C@@H]2C(O)CC[C@@H]2C1C(=O)OCC. The Balaban J connectivity index is 0.00000162. The van der Waals surface area contributed by atoms with Gasteiger partial charge >= 0.3 is 5.97 Å². The Kier molecular flexibility index (Phi) is 4.79. The summed E-state index contributed by atoms with van der Waals surface area (Å²) in [6, 6.07) is -0.616. The molecule has 2 radical (unpaired) electrons. The van der Waals surface area contributed by atoms with Gasteiger partial charge in [-0.05, 0) is 25.7 Å². The van der Waals surface area contributed by atoms with Crippen LogP contribution in [0.2, 0.25) is 0 Å². The molecule has 2 aliphatic rings. The Morgan fingerprint density at radius 2 is 2.06 bits per heavy atom. The molecule has 1 amide bonds. The maximum Gasteiger partial charge on any atom is 0.329 e. The summed E-state index contributed by atoms with van der Waals surface area (Å²) < 4.78 is 4.98. The molecule has 1 saturated carbocycles. The zero-order chi connectivity index (χ0) is 12.6. The van der Waals surface area contributed by atoms with E-state index in [0.717, 1.165) is 6.42 Å². The molecule has 18 heavy (non-hydrogen) atoms. The smallest absolute Gasteiger partial charge is 0.329 e. The average Bonchev–Trinajstić information content (AvgIpc) is 2.79. The molecule has 1 N–H and O–H groups in total. The molecule has 0 spiro atoms. The fourth-order valence-electron chi connectivity index (χ4n) is 3.05. The van der Waals surface area contributed by atoms with E-state index in [2.05, 4.69) is 0 Å². The van der Waals surface area contributed by atoms with Crippen molar-refractivity contribution in [2.24, 2.45) is 11.8 Å². The number of carbonyl (C=O) groups is 2. The van der Waals surface area contributed by atoms with Crippen molar-refractivity contribution in [1.29, 1.82) is 0 Å². The van der Waals surface area contributed by atoms with Crippen LogP contribution in [0.3, 0.4) is 0 Å². The maximum atomic E-state index is 11.9. The van der Waals surface area contributed by atoms with Gasteiger partial charge in [-0.1, -0.05) is 7.43 Å². The Hall–Kier alpha value is -1.04. The lowest BCUT2D eigenvalue weighted by atomic mass is 9.93. The van der Waals surface area contributed by atoms with Gasteiger partial charge in [-0.15, -0.1) is 0 Å². The highest BCUT2D eigenvalue weighted by Crippen LogP contribution is 2.42. The minimum atomic E-state index is -0.621. The molecule has 1 aliphatic carbocycles. The first-order valence-corrected chi connectivity index (χ1v) is 5.97. The van der Waals surface area contributed by atoms with E-state index in [-0.39, 0.29) is 25.9 Å². The summed E-state index contributed by atoms with van der Waals surface area (Å²) in [7, 11) is 5.27. The van der Waals surface area contributed by atoms with E-state index < -0.39 is 23.9 Å². The molecule has 2 fully saturated rings. The number of esters is 1. The van der Waals surface area contributed by atoms with Crippen molar-refractivity contribution in [3.8, 4) is 0 Å². The first-order chi connectivity index (χ1) is 8.06. The lowest BCUT2D eigenvalue weighted by Crippen LogP contribution is -2.43. The fourth-order valence-corrected chi connectivity index (χ4v) is 3.05. The number of amides is 1. The molecule has 1 heterocycles. The minimum Gasteiger partial charge on any atom is -0.464 e. The predicted octanol–water partition coefficient (Wildman–Crippen LogP) is 0.545. The number of fused-ring (bicyclic) bond motifs is 1. The predicted molar refractivity (Wildman–Crippen MR) is 67.2 cm³/mol. The van der Waals surface area contributed by atoms with Crippen LogP contribution in [0, 0.1) is 11.8 Å². The van der Waals surface area contributed by atoms with Gasteiger partial charge in [-0.3, -0.25) is 4.79 Å². The average molecular weight is 253 g/mol. The number of aliphatic hydroxyl groups is 1. The summed E-state index contributed by atoms with van der Waals surface area (Å²) in [5, 5.41) is 9.80. The van der Waals surface area contributed by atoms with Gasteiger partial charge in [-0.2, -0.15) is 0 Å². The van der Waals surface area contributed by atoms with Gasteiger partial charge in [0, 0.05) is 12.5 Å². The summed E-state index contributed by atoms with van der Waals surface area (Å²) in [5.74, 6) is -1.09. The lowest BCUT2D eigenvalue weighted by Gasteiger charge is -2.25. The number of likely N-dealkylation sites (tertiary alicyclic amines) is 1. The van der Waals surface area contributed by atoms with Gasteiger partial charge < -0.3 is 14.7 Å². The third-order valence-corrected chi connectivity index (χ3v) is 3.80. The molecule has 1 aliphatic heterocycles. The second kappa shape index (κ2) is 5.74. The van der Waals surface area contributed by atoms with Crippen LogP contribution in [0.1, 0.15) is 27.2 Å². The molecule has 6 heteroatoms. The molecule has 2 rings (SSSR count). The van der Waals surface area contributed by atoms with Crippen molar-refractivity contribution in [2.45, 2.75) is 39.3 Å². The van der Waals surface area contributed by atoms with Crippen LogP contribution < -0.4 is 0 Å². The molecule has 4 atom stereocenters. The summed E-state index contributed by atoms with van der Waals surface area (Å²) in [6.45, 7) is 2.36. The van der Waals surface area contributed by atoms with Crippen molar-refractivity contribution >= 4 is 19.6 Å². The van der Waals surface area contributed by atoms with Gasteiger partial charge in [0.05, 0.1) is 12.7 Å². The highest BCUT2D eigenvalue weighted by atomic mass is 16.5. The molecule has 100 valence electrons. The number of nitrogens with zero attached hydrogens (tertiary/aromatic N) is 1. The second-order valence-electron chi connectivity index (χ2n) is 4.66. The normalized spacial score (nSPS) is 33.8. The number of hydrogen-bond donors (Lipinski definition) is 1. The fraction of sp³-hybridized carbons (Fsp3) is 0.833. The molecule has 0 aromatic carbocycles. The zero-order valence-electron chi connectivity index (χ0n) is 9.83. The van der Waals surface area contributed by atoms with Gasteiger partial charge in [0.2, 0.25) is 7.85 Å². The molecule has 2 unspecified atom stereocenters. The van der Waals surface area contributed by atoms with E-state index in [1.165, 1.54) is 4.90 Å². The quantitative estimate of drug-likeness (QED) is 0.576. The van der Waals surface area contributed by atoms with Crippen molar-refractivity contribution < 1.29 is 19.4 Å². The Morgan fingerprint density at radius 3 is 2.61 bits per heavy atom. The van der Waals surface area contributed by atoms with E-state index in [0.29, 0.717) is 13.0 Å². The highest BCUT2D eigenvalue weighted by Gasteiger charge is 2.52. The third kappa shape index (κ3) is 2.39. The number of hydrogen-bond acceptors (Lipinski definition) is 4. The van der Waals surface area contributed by atoms with Gasteiger partial charge in [0.1, 0.15) is 6.04 Å². The van der Waals surface area contributed by atoms with Crippen molar-refractivity contribution in [3.05, 3.63) is 0 Å². The molecule has 1 saturated heterocycles. The second-order valence-corrected chi connectivity index (χ2v) is 4.66. The Labute approximate surface area is 109 Å². The first-order valence-electron chi connectivity index (χ1n) is 5.97. The Bertz CT molecular complexity index is 336. The molecule has 5 nitrogen and oxygen atoms in total. The van der Waals surface area contributed by atoms with Crippen LogP contribution in [0.25, 0.3) is 0 Å². The van der Waals surface area contributed by atoms with E-state index in [1.807, 2.05) is 0 Å². The van der Waals surface area contributed by atoms with Crippen LogP contribution in [0.5, 0.6) is 0 Å². The van der Waals surface area contributed by atoms with E-state index in [1.54, 1.807) is 6.92 Å². The molecule has 0 bridgehead atoms. The van der Waals surface area contributed by atoms with Gasteiger partial charge in [0.15, 0.2) is 5.81 Å². The monoisotopic (exact) mass is 253 g/mol. The topological polar surface area (TPSA) is 66.8 Å². The molecule has 0 aromatic heterocycles. The van der Waals surface area contributed by atoms with Crippen molar-refractivity contribution in [3.63, 3.8) is 0 Å². The van der Waals surface area contributed by atoms with Crippen molar-refractivity contribution in [1.82, 2.24) is 4.90 Å². The Morgan fingerprint density at radius 1 is 1.39 bits per heavy atom. The van der Waals surface area contributed by atoms with E-state index >= 15 is 0 Å². The number of ether oxygens (including phenoxy) is 1. The lowest BCUT2D eigenvalue weighted by molar-refractivity contribution is -0.148. The zero-order valence-corrected chi connectivity index (χ0v) is 9.83. The van der Waals surface area contributed by atoms with Crippen LogP contribution in [-0.2, 0) is 9.53 Å². The molecular formula is C12H20BNO4. The third-order valence-electron chi connectivity index (χ3n) is 3.80. The summed E-state index contributed by atoms with van der Waals surface area (Å²) in [5.41, 5.74) is 0. The van der Waals surface area contributed by atoms with Crippen molar-refractivity contribution in [2.75, 3.05) is 13.2 Å². The van der Waals surface area contributed by atoms with Crippen LogP contribution >= 0.6 is 0 Å². The van der Waals surface area contributed by atoms with Crippen LogP contribution in [0.15, 0.2) is 0 Å². The standard InChI is InChI=1S/C11H16BNO4.CH4/c1-2-17-10(15)9-6-3-4-8(14)7(6)5-13(9)11(12)16;/h6-9,14H,2-5H2,1H3;1H4/t6-,7-,8?,9?;/m0./s1. The summed E-state index contributed by atoms with van der Waals surface area (Å²) >= 11 is 0. The van der Waals surface area contributed by atoms with E-state index in [9.17, 15) is 14.7 Å². The molecular weight excluding hydrogens is 233 g/mol. The minimum absolute atomic E-state index is 0. The van der Waals surface area contributed by atoms with E-state index in [4.69, 9.17) is 12.6 Å². The van der Waals surface area contributed by atoms with Gasteiger partial charge in [-0.25, -0.2) is 4.79 Å². The number of rotatable bonds is 2.